The average Bonchev–Trinajstić information content (AvgIpc) is 2.47. The Hall–Kier alpha value is -2.22. The van der Waals surface area contributed by atoms with Crippen molar-refractivity contribution in [1.82, 2.24) is 0 Å². The lowest BCUT2D eigenvalue weighted by Gasteiger charge is -2.06. The molecule has 2 aromatic rings. The third-order valence-corrected chi connectivity index (χ3v) is 2.80. The minimum Gasteiger partial charge on any atom is -0.497 e. The van der Waals surface area contributed by atoms with Crippen LogP contribution in [0.15, 0.2) is 60.4 Å². The van der Waals surface area contributed by atoms with Crippen molar-refractivity contribution in [3.63, 3.8) is 0 Å². The second-order valence-electron chi connectivity index (χ2n) is 4.30. The van der Waals surface area contributed by atoms with Gasteiger partial charge in [0.25, 0.3) is 0 Å². The van der Waals surface area contributed by atoms with Gasteiger partial charge in [0.15, 0.2) is 0 Å². The molecule has 0 unspecified atom stereocenters. The molecule has 0 heterocycles. The Morgan fingerprint density at radius 2 is 1.68 bits per heavy atom. The minimum absolute atomic E-state index is 0.597. The lowest BCUT2D eigenvalue weighted by atomic mass is 10.2. The molecule has 0 amide bonds. The van der Waals surface area contributed by atoms with Crippen LogP contribution in [-0.4, -0.2) is 7.11 Å². The van der Waals surface area contributed by atoms with Gasteiger partial charge in [-0.05, 0) is 36.3 Å². The first-order valence-corrected chi connectivity index (χ1v) is 6.27. The van der Waals surface area contributed by atoms with Gasteiger partial charge in [0.1, 0.15) is 12.4 Å². The Bertz CT molecular complexity index is 527. The molecule has 0 radical (unpaired) electrons. The second kappa shape index (κ2) is 6.64. The van der Waals surface area contributed by atoms with Crippen LogP contribution in [0.3, 0.4) is 0 Å². The van der Waals surface area contributed by atoms with Gasteiger partial charge >= 0.3 is 0 Å². The number of benzene rings is 2. The highest BCUT2D eigenvalue weighted by atomic mass is 16.5. The SMILES string of the molecule is COc1ccc(/C=C(/C)OCc2ccccc2)cc1. The fourth-order valence-corrected chi connectivity index (χ4v) is 1.75. The van der Waals surface area contributed by atoms with Crippen molar-refractivity contribution < 1.29 is 9.47 Å². The molecule has 0 aromatic heterocycles. The molecule has 0 bridgehead atoms. The van der Waals surface area contributed by atoms with Crippen molar-refractivity contribution >= 4 is 6.08 Å². The van der Waals surface area contributed by atoms with Gasteiger partial charge in [0.2, 0.25) is 0 Å². The van der Waals surface area contributed by atoms with Crippen molar-refractivity contribution in [2.45, 2.75) is 13.5 Å². The van der Waals surface area contributed by atoms with E-state index in [0.717, 1.165) is 17.1 Å². The zero-order valence-corrected chi connectivity index (χ0v) is 11.3. The van der Waals surface area contributed by atoms with Crippen molar-refractivity contribution in [1.29, 1.82) is 0 Å². The van der Waals surface area contributed by atoms with Crippen molar-refractivity contribution in [2.24, 2.45) is 0 Å². The fraction of sp³-hybridized carbons (Fsp3) is 0.176. The molecule has 19 heavy (non-hydrogen) atoms. The maximum absolute atomic E-state index is 5.72. The van der Waals surface area contributed by atoms with E-state index in [9.17, 15) is 0 Å². The predicted molar refractivity (Wildman–Crippen MR) is 77.9 cm³/mol. The molecule has 0 aliphatic heterocycles. The molecule has 0 atom stereocenters. The zero-order valence-electron chi connectivity index (χ0n) is 11.3. The molecule has 2 nitrogen and oxygen atoms in total. The Morgan fingerprint density at radius 1 is 1.00 bits per heavy atom. The van der Waals surface area contributed by atoms with E-state index < -0.39 is 0 Å². The Labute approximate surface area is 114 Å². The number of hydrogen-bond acceptors (Lipinski definition) is 2. The quantitative estimate of drug-likeness (QED) is 0.742. The highest BCUT2D eigenvalue weighted by molar-refractivity contribution is 5.52. The summed E-state index contributed by atoms with van der Waals surface area (Å²) in [5, 5.41) is 0. The molecule has 0 saturated heterocycles. The number of hydrogen-bond donors (Lipinski definition) is 0. The fourth-order valence-electron chi connectivity index (χ4n) is 1.75. The van der Waals surface area contributed by atoms with Crippen LogP contribution in [0.4, 0.5) is 0 Å². The largest absolute Gasteiger partial charge is 0.497 e. The molecule has 0 aliphatic carbocycles. The van der Waals surface area contributed by atoms with Gasteiger partial charge in [0, 0.05) is 0 Å². The number of ether oxygens (including phenoxy) is 2. The Kier molecular flexibility index (Phi) is 4.62. The molecule has 0 aliphatic rings. The number of allylic oxidation sites excluding steroid dienone is 1. The van der Waals surface area contributed by atoms with Gasteiger partial charge in [-0.25, -0.2) is 0 Å². The molecular formula is C17H18O2. The first-order chi connectivity index (χ1) is 9.28. The summed E-state index contributed by atoms with van der Waals surface area (Å²) in [7, 11) is 1.67. The molecule has 2 rings (SSSR count). The maximum atomic E-state index is 5.72. The maximum Gasteiger partial charge on any atom is 0.118 e. The van der Waals surface area contributed by atoms with E-state index in [0.29, 0.717) is 6.61 Å². The lowest BCUT2D eigenvalue weighted by molar-refractivity contribution is 0.204. The zero-order chi connectivity index (χ0) is 13.5. The summed E-state index contributed by atoms with van der Waals surface area (Å²) in [4.78, 5) is 0. The van der Waals surface area contributed by atoms with Crippen LogP contribution in [0.2, 0.25) is 0 Å². The molecule has 0 fully saturated rings. The number of rotatable bonds is 5. The summed E-state index contributed by atoms with van der Waals surface area (Å²) in [6.07, 6.45) is 2.02. The molecule has 2 heteroatoms. The molecule has 98 valence electrons. The first kappa shape index (κ1) is 13.2. The van der Waals surface area contributed by atoms with E-state index in [2.05, 4.69) is 12.1 Å². The Balaban J connectivity index is 1.94. The molecule has 0 spiro atoms. The van der Waals surface area contributed by atoms with Crippen LogP contribution in [0.5, 0.6) is 5.75 Å². The van der Waals surface area contributed by atoms with Crippen molar-refractivity contribution in [3.05, 3.63) is 71.5 Å². The van der Waals surface area contributed by atoms with Crippen LogP contribution < -0.4 is 4.74 Å². The summed E-state index contributed by atoms with van der Waals surface area (Å²) in [6, 6.07) is 18.0. The van der Waals surface area contributed by atoms with E-state index in [1.807, 2.05) is 55.5 Å². The van der Waals surface area contributed by atoms with Crippen LogP contribution in [-0.2, 0) is 11.3 Å². The Morgan fingerprint density at radius 3 is 2.32 bits per heavy atom. The molecule has 0 N–H and O–H groups in total. The van der Waals surface area contributed by atoms with Crippen molar-refractivity contribution in [3.8, 4) is 5.75 Å². The van der Waals surface area contributed by atoms with Crippen LogP contribution in [0, 0.1) is 0 Å². The third-order valence-electron chi connectivity index (χ3n) is 2.80. The summed E-state index contributed by atoms with van der Waals surface area (Å²) < 4.78 is 10.8. The summed E-state index contributed by atoms with van der Waals surface area (Å²) in [5.74, 6) is 1.76. The standard InChI is InChI=1S/C17H18O2/c1-14(19-13-16-6-4-3-5-7-16)12-15-8-10-17(18-2)11-9-15/h3-12H,13H2,1-2H3/b14-12-. The van der Waals surface area contributed by atoms with Gasteiger partial charge in [-0.3, -0.25) is 0 Å². The van der Waals surface area contributed by atoms with Crippen LogP contribution in [0.1, 0.15) is 18.1 Å². The lowest BCUT2D eigenvalue weighted by Crippen LogP contribution is -1.90. The first-order valence-electron chi connectivity index (χ1n) is 6.27. The summed E-state index contributed by atoms with van der Waals surface area (Å²) >= 11 is 0. The van der Waals surface area contributed by atoms with Crippen molar-refractivity contribution in [2.75, 3.05) is 7.11 Å². The highest BCUT2D eigenvalue weighted by Gasteiger charge is 1.95. The van der Waals surface area contributed by atoms with E-state index in [1.54, 1.807) is 7.11 Å². The van der Waals surface area contributed by atoms with Gasteiger partial charge in [0.05, 0.1) is 12.9 Å². The van der Waals surface area contributed by atoms with Gasteiger partial charge in [-0.1, -0.05) is 42.5 Å². The third kappa shape index (κ3) is 4.18. The van der Waals surface area contributed by atoms with Gasteiger partial charge < -0.3 is 9.47 Å². The second-order valence-corrected chi connectivity index (χ2v) is 4.30. The highest BCUT2D eigenvalue weighted by Crippen LogP contribution is 2.15. The summed E-state index contributed by atoms with van der Waals surface area (Å²) in [5.41, 5.74) is 2.27. The minimum atomic E-state index is 0.597. The molecule has 2 aromatic carbocycles. The smallest absolute Gasteiger partial charge is 0.118 e. The number of methoxy groups -OCH3 is 1. The molecular weight excluding hydrogens is 236 g/mol. The van der Waals surface area contributed by atoms with Crippen LogP contribution in [0.25, 0.3) is 6.08 Å². The average molecular weight is 254 g/mol. The van der Waals surface area contributed by atoms with E-state index in [4.69, 9.17) is 9.47 Å². The van der Waals surface area contributed by atoms with E-state index in [1.165, 1.54) is 5.56 Å². The van der Waals surface area contributed by atoms with E-state index in [-0.39, 0.29) is 0 Å². The van der Waals surface area contributed by atoms with Gasteiger partial charge in [-0.2, -0.15) is 0 Å². The van der Waals surface area contributed by atoms with Gasteiger partial charge in [-0.15, -0.1) is 0 Å². The predicted octanol–water partition coefficient (Wildman–Crippen LogP) is 4.27. The normalized spacial score (nSPS) is 11.2. The molecule has 0 saturated carbocycles. The topological polar surface area (TPSA) is 18.5 Å². The van der Waals surface area contributed by atoms with E-state index >= 15 is 0 Å². The monoisotopic (exact) mass is 254 g/mol. The summed E-state index contributed by atoms with van der Waals surface area (Å²) in [6.45, 7) is 2.56. The van der Waals surface area contributed by atoms with Crippen LogP contribution >= 0.6 is 0 Å².